The van der Waals surface area contributed by atoms with Crippen LogP contribution in [0.5, 0.6) is 0 Å². The molecular formula is C8H16N4O2. The van der Waals surface area contributed by atoms with Gasteiger partial charge in [0.25, 0.3) is 0 Å². The summed E-state index contributed by atoms with van der Waals surface area (Å²) in [5.74, 6) is -0.382. The highest BCUT2D eigenvalue weighted by molar-refractivity contribution is 5.94. The van der Waals surface area contributed by atoms with Gasteiger partial charge in [0.15, 0.2) is 0 Å². The minimum absolute atomic E-state index is 0.140. The summed E-state index contributed by atoms with van der Waals surface area (Å²) in [6, 6.07) is -0.473. The summed E-state index contributed by atoms with van der Waals surface area (Å²) in [7, 11) is 2.03. The highest BCUT2D eigenvalue weighted by atomic mass is 16.2. The zero-order chi connectivity index (χ0) is 10.6. The monoisotopic (exact) mass is 200 g/mol. The molecule has 1 heterocycles. The van der Waals surface area contributed by atoms with Gasteiger partial charge in [0, 0.05) is 12.6 Å². The lowest BCUT2D eigenvalue weighted by molar-refractivity contribution is -0.119. The number of hydrogen-bond donors (Lipinski definition) is 3. The molecule has 0 saturated carbocycles. The number of carbonyl (C=O) groups excluding carboxylic acids is 2. The van der Waals surface area contributed by atoms with E-state index < -0.39 is 6.03 Å². The number of carbonyl (C=O) groups is 2. The predicted octanol–water partition coefficient (Wildman–Crippen LogP) is -1.52. The van der Waals surface area contributed by atoms with Crippen LogP contribution in [0.2, 0.25) is 0 Å². The second-order valence-corrected chi connectivity index (χ2v) is 3.54. The van der Waals surface area contributed by atoms with Gasteiger partial charge in [-0.2, -0.15) is 0 Å². The number of nitrogens with two attached hydrogens (primary N) is 1. The zero-order valence-corrected chi connectivity index (χ0v) is 8.25. The van der Waals surface area contributed by atoms with E-state index in [-0.39, 0.29) is 12.5 Å². The number of primary amides is 1. The van der Waals surface area contributed by atoms with Crippen LogP contribution < -0.4 is 16.4 Å². The van der Waals surface area contributed by atoms with Gasteiger partial charge >= 0.3 is 6.03 Å². The van der Waals surface area contributed by atoms with Crippen LogP contribution in [0.3, 0.4) is 0 Å². The highest BCUT2D eigenvalue weighted by Gasteiger charge is 2.19. The average molecular weight is 200 g/mol. The minimum Gasteiger partial charge on any atom is -0.351 e. The number of nitrogens with one attached hydrogen (secondary N) is 2. The molecular weight excluding hydrogens is 184 g/mol. The van der Waals surface area contributed by atoms with Gasteiger partial charge in [-0.1, -0.05) is 0 Å². The molecule has 1 unspecified atom stereocenters. The number of likely N-dealkylation sites (tertiary alicyclic amines) is 1. The number of likely N-dealkylation sites (N-methyl/N-ethyl adjacent to an activating group) is 1. The van der Waals surface area contributed by atoms with Crippen molar-refractivity contribution in [3.8, 4) is 0 Å². The molecule has 0 radical (unpaired) electrons. The Balaban J connectivity index is 2.14. The van der Waals surface area contributed by atoms with Gasteiger partial charge in [-0.05, 0) is 20.0 Å². The van der Waals surface area contributed by atoms with Crippen molar-refractivity contribution < 1.29 is 9.59 Å². The van der Waals surface area contributed by atoms with Crippen molar-refractivity contribution in [2.45, 2.75) is 12.5 Å². The number of hydrogen-bond acceptors (Lipinski definition) is 4. The molecule has 1 rings (SSSR count). The van der Waals surface area contributed by atoms with E-state index in [1.54, 1.807) is 0 Å². The molecule has 80 valence electrons. The molecule has 0 bridgehead atoms. The van der Waals surface area contributed by atoms with Crippen molar-refractivity contribution in [3.05, 3.63) is 0 Å². The van der Waals surface area contributed by atoms with Crippen molar-refractivity contribution in [2.75, 3.05) is 26.7 Å². The third-order valence-corrected chi connectivity index (χ3v) is 2.21. The van der Waals surface area contributed by atoms with Crippen LogP contribution in [0.25, 0.3) is 0 Å². The first-order valence-corrected chi connectivity index (χ1v) is 4.59. The third-order valence-electron chi connectivity index (χ3n) is 2.21. The van der Waals surface area contributed by atoms with E-state index in [2.05, 4.69) is 10.2 Å². The second-order valence-electron chi connectivity index (χ2n) is 3.54. The maximum absolute atomic E-state index is 11.0. The summed E-state index contributed by atoms with van der Waals surface area (Å²) in [6.45, 7) is 2.11. The smallest absolute Gasteiger partial charge is 0.318 e. The fourth-order valence-electron chi connectivity index (χ4n) is 1.52. The first-order valence-electron chi connectivity index (χ1n) is 4.59. The SMILES string of the molecule is CN1CCC(NCC(=O)NC(N)=O)C1. The Hall–Kier alpha value is -1.14. The molecule has 0 aliphatic carbocycles. The lowest BCUT2D eigenvalue weighted by atomic mass is 10.2. The van der Waals surface area contributed by atoms with Gasteiger partial charge < -0.3 is 16.0 Å². The standard InChI is InChI=1S/C8H16N4O2/c1-12-3-2-6(5-12)10-4-7(13)11-8(9)14/h6,10H,2-5H2,1H3,(H3,9,11,13,14). The highest BCUT2D eigenvalue weighted by Crippen LogP contribution is 2.04. The Morgan fingerprint density at radius 1 is 1.57 bits per heavy atom. The van der Waals surface area contributed by atoms with E-state index in [1.807, 2.05) is 12.4 Å². The number of rotatable bonds is 3. The van der Waals surface area contributed by atoms with Gasteiger partial charge in [-0.15, -0.1) is 0 Å². The predicted molar refractivity (Wildman–Crippen MR) is 51.6 cm³/mol. The van der Waals surface area contributed by atoms with Gasteiger partial charge in [0.1, 0.15) is 0 Å². The van der Waals surface area contributed by atoms with Crippen LogP contribution in [0.4, 0.5) is 4.79 Å². The summed E-state index contributed by atoms with van der Waals surface area (Å²) in [4.78, 5) is 23.5. The molecule has 0 aromatic carbocycles. The quantitative estimate of drug-likeness (QED) is 0.516. The minimum atomic E-state index is -0.805. The molecule has 0 spiro atoms. The van der Waals surface area contributed by atoms with Gasteiger partial charge in [-0.3, -0.25) is 10.1 Å². The molecule has 1 fully saturated rings. The van der Waals surface area contributed by atoms with Crippen LogP contribution in [-0.4, -0.2) is 49.6 Å². The lowest BCUT2D eigenvalue weighted by Crippen LogP contribution is -2.43. The number of amides is 3. The fourth-order valence-corrected chi connectivity index (χ4v) is 1.52. The number of imide groups is 1. The van der Waals surface area contributed by atoms with Crippen molar-refractivity contribution in [1.29, 1.82) is 0 Å². The summed E-state index contributed by atoms with van der Waals surface area (Å²) in [5, 5.41) is 5.06. The van der Waals surface area contributed by atoms with Gasteiger partial charge in [0.05, 0.1) is 6.54 Å². The van der Waals surface area contributed by atoms with Crippen molar-refractivity contribution in [3.63, 3.8) is 0 Å². The van der Waals surface area contributed by atoms with Crippen molar-refractivity contribution in [2.24, 2.45) is 5.73 Å². The van der Waals surface area contributed by atoms with Crippen molar-refractivity contribution >= 4 is 11.9 Å². The summed E-state index contributed by atoms with van der Waals surface area (Å²) >= 11 is 0. The zero-order valence-electron chi connectivity index (χ0n) is 8.25. The molecule has 0 aromatic heterocycles. The molecule has 14 heavy (non-hydrogen) atoms. The Bertz CT molecular complexity index is 231. The van der Waals surface area contributed by atoms with Crippen LogP contribution in [0.1, 0.15) is 6.42 Å². The van der Waals surface area contributed by atoms with Crippen LogP contribution in [-0.2, 0) is 4.79 Å². The Morgan fingerprint density at radius 3 is 2.79 bits per heavy atom. The number of nitrogens with zero attached hydrogens (tertiary/aromatic N) is 1. The molecule has 4 N–H and O–H groups in total. The van der Waals surface area contributed by atoms with E-state index in [9.17, 15) is 9.59 Å². The van der Waals surface area contributed by atoms with Gasteiger partial charge in [0.2, 0.25) is 5.91 Å². The van der Waals surface area contributed by atoms with E-state index in [0.29, 0.717) is 6.04 Å². The molecule has 6 heteroatoms. The molecule has 1 saturated heterocycles. The average Bonchev–Trinajstić information content (AvgIpc) is 2.47. The molecule has 3 amide bonds. The molecule has 1 aliphatic rings. The maximum Gasteiger partial charge on any atom is 0.318 e. The summed E-state index contributed by atoms with van der Waals surface area (Å²) in [5.41, 5.74) is 4.79. The van der Waals surface area contributed by atoms with Crippen molar-refractivity contribution in [1.82, 2.24) is 15.5 Å². The van der Waals surface area contributed by atoms with E-state index >= 15 is 0 Å². The molecule has 6 nitrogen and oxygen atoms in total. The Labute approximate surface area is 82.8 Å². The van der Waals surface area contributed by atoms with Crippen LogP contribution in [0.15, 0.2) is 0 Å². The molecule has 0 aromatic rings. The largest absolute Gasteiger partial charge is 0.351 e. The molecule has 1 atom stereocenters. The summed E-state index contributed by atoms with van der Waals surface area (Å²) < 4.78 is 0. The normalized spacial score (nSPS) is 22.2. The number of urea groups is 1. The lowest BCUT2D eigenvalue weighted by Gasteiger charge is -2.11. The van der Waals surface area contributed by atoms with Crippen LogP contribution >= 0.6 is 0 Å². The molecule has 1 aliphatic heterocycles. The topological polar surface area (TPSA) is 87.5 Å². The van der Waals surface area contributed by atoms with E-state index in [0.717, 1.165) is 19.5 Å². The second kappa shape index (κ2) is 4.92. The van der Waals surface area contributed by atoms with E-state index in [4.69, 9.17) is 5.73 Å². The van der Waals surface area contributed by atoms with Gasteiger partial charge in [-0.25, -0.2) is 4.79 Å². The Kier molecular flexibility index (Phi) is 3.84. The summed E-state index contributed by atoms with van der Waals surface area (Å²) in [6.07, 6.45) is 1.03. The first kappa shape index (κ1) is 10.9. The Morgan fingerprint density at radius 2 is 2.29 bits per heavy atom. The van der Waals surface area contributed by atoms with E-state index in [1.165, 1.54) is 0 Å². The van der Waals surface area contributed by atoms with Crippen LogP contribution in [0, 0.1) is 0 Å². The third kappa shape index (κ3) is 3.71. The fraction of sp³-hybridized carbons (Fsp3) is 0.750. The first-order chi connectivity index (χ1) is 6.58. The maximum atomic E-state index is 11.0.